The zero-order valence-electron chi connectivity index (χ0n) is 16.9. The van der Waals surface area contributed by atoms with Crippen LogP contribution in [-0.2, 0) is 19.1 Å². The number of aliphatic hydroxyl groups is 2. The van der Waals surface area contributed by atoms with Gasteiger partial charge >= 0.3 is 5.97 Å². The zero-order valence-corrected chi connectivity index (χ0v) is 16.9. The summed E-state index contributed by atoms with van der Waals surface area (Å²) >= 11 is 0. The second-order valence-corrected chi connectivity index (χ2v) is 8.93. The number of hydrogen-bond acceptors (Lipinski definition) is 6. The summed E-state index contributed by atoms with van der Waals surface area (Å²) in [7, 11) is 0. The zero-order chi connectivity index (χ0) is 21.2. The lowest BCUT2D eigenvalue weighted by atomic mass is 9.53. The Morgan fingerprint density at radius 2 is 2.00 bits per heavy atom. The molecule has 6 heteroatoms. The van der Waals surface area contributed by atoms with Crippen LogP contribution in [0.3, 0.4) is 0 Å². The molecule has 0 unspecified atom stereocenters. The van der Waals surface area contributed by atoms with E-state index >= 15 is 0 Å². The quantitative estimate of drug-likeness (QED) is 0.557. The largest absolute Gasteiger partial charge is 0.458 e. The van der Waals surface area contributed by atoms with Crippen molar-refractivity contribution in [2.24, 2.45) is 16.7 Å². The van der Waals surface area contributed by atoms with Gasteiger partial charge < -0.3 is 14.9 Å². The Bertz CT molecular complexity index is 937. The summed E-state index contributed by atoms with van der Waals surface area (Å²) in [6.45, 7) is 4.50. The number of carbonyl (C=O) groups is 3. The van der Waals surface area contributed by atoms with E-state index in [0.29, 0.717) is 6.42 Å². The highest BCUT2D eigenvalue weighted by molar-refractivity contribution is 6.01. The molecule has 0 saturated heterocycles. The third kappa shape index (κ3) is 2.58. The van der Waals surface area contributed by atoms with Crippen molar-refractivity contribution >= 4 is 17.5 Å². The Hall–Kier alpha value is -2.31. The summed E-state index contributed by atoms with van der Waals surface area (Å²) < 4.78 is 4.81. The monoisotopic (exact) mass is 398 g/mol. The summed E-state index contributed by atoms with van der Waals surface area (Å²) in [6, 6.07) is 0. The molecule has 0 aliphatic heterocycles. The number of fused-ring (bicyclic) bond motifs is 5. The molecular formula is C23H26O6. The standard InChI is InChI=1S/C23H26O6/c1-13(24)29-12-20(27)23(28)19(26)11-18-16-5-4-14-10-15(25)6-8-21(14,2)17(16)7-9-22(18,23)3/h6-8,10-11,16,19,26,28H,4-5,9,12H2,1-3H3/t16-,19-,21+,22+,23+/m1/s1. The van der Waals surface area contributed by atoms with E-state index in [-0.39, 0.29) is 17.1 Å². The van der Waals surface area contributed by atoms with Gasteiger partial charge in [-0.1, -0.05) is 41.9 Å². The molecule has 0 aromatic heterocycles. The van der Waals surface area contributed by atoms with Crippen LogP contribution in [0.2, 0.25) is 0 Å². The molecule has 154 valence electrons. The normalized spacial score (nSPS) is 40.2. The molecule has 1 saturated carbocycles. The third-order valence-corrected chi connectivity index (χ3v) is 7.42. The molecule has 2 N–H and O–H groups in total. The second kappa shape index (κ2) is 6.34. The van der Waals surface area contributed by atoms with Crippen molar-refractivity contribution < 1.29 is 29.3 Å². The van der Waals surface area contributed by atoms with Crippen LogP contribution >= 0.6 is 0 Å². The fourth-order valence-corrected chi connectivity index (χ4v) is 5.69. The van der Waals surface area contributed by atoms with Crippen LogP contribution in [-0.4, -0.2) is 46.1 Å². The van der Waals surface area contributed by atoms with Crippen LogP contribution in [0.25, 0.3) is 0 Å². The molecular weight excluding hydrogens is 372 g/mol. The van der Waals surface area contributed by atoms with Gasteiger partial charge in [-0.25, -0.2) is 0 Å². The molecule has 0 aromatic carbocycles. The molecule has 0 radical (unpaired) electrons. The smallest absolute Gasteiger partial charge is 0.303 e. The number of allylic oxidation sites excluding steroid dienone is 6. The minimum absolute atomic E-state index is 0.00174. The van der Waals surface area contributed by atoms with Gasteiger partial charge in [-0.3, -0.25) is 14.4 Å². The van der Waals surface area contributed by atoms with Crippen molar-refractivity contribution in [3.8, 4) is 0 Å². The number of carbonyl (C=O) groups excluding carboxylic acids is 3. The van der Waals surface area contributed by atoms with Gasteiger partial charge in [-0.15, -0.1) is 0 Å². The number of rotatable bonds is 3. The van der Waals surface area contributed by atoms with E-state index in [1.807, 2.05) is 6.08 Å². The Balaban J connectivity index is 1.73. The van der Waals surface area contributed by atoms with E-state index in [2.05, 4.69) is 13.0 Å². The average molecular weight is 398 g/mol. The molecule has 0 amide bonds. The lowest BCUT2D eigenvalue weighted by Crippen LogP contribution is -2.59. The van der Waals surface area contributed by atoms with E-state index in [4.69, 9.17) is 4.74 Å². The first-order chi connectivity index (χ1) is 13.5. The molecule has 4 aliphatic rings. The van der Waals surface area contributed by atoms with Gasteiger partial charge in [0.1, 0.15) is 6.10 Å². The fourth-order valence-electron chi connectivity index (χ4n) is 5.69. The summed E-state index contributed by atoms with van der Waals surface area (Å²) in [5, 5.41) is 22.1. The predicted molar refractivity (Wildman–Crippen MR) is 105 cm³/mol. The van der Waals surface area contributed by atoms with Crippen LogP contribution in [0.4, 0.5) is 0 Å². The Morgan fingerprint density at radius 1 is 1.28 bits per heavy atom. The number of aliphatic hydroxyl groups excluding tert-OH is 1. The first-order valence-electron chi connectivity index (χ1n) is 9.98. The Labute approximate surface area is 169 Å². The molecule has 4 aliphatic carbocycles. The summed E-state index contributed by atoms with van der Waals surface area (Å²) in [4.78, 5) is 35.8. The van der Waals surface area contributed by atoms with Crippen molar-refractivity contribution in [1.82, 2.24) is 0 Å². The highest BCUT2D eigenvalue weighted by Gasteiger charge is 2.64. The Morgan fingerprint density at radius 3 is 2.69 bits per heavy atom. The van der Waals surface area contributed by atoms with Crippen molar-refractivity contribution in [3.05, 3.63) is 47.1 Å². The highest BCUT2D eigenvalue weighted by Crippen LogP contribution is 2.62. The van der Waals surface area contributed by atoms with E-state index in [1.165, 1.54) is 6.92 Å². The van der Waals surface area contributed by atoms with Crippen LogP contribution in [0, 0.1) is 16.7 Å². The van der Waals surface area contributed by atoms with Gasteiger partial charge in [-0.2, -0.15) is 0 Å². The van der Waals surface area contributed by atoms with Gasteiger partial charge in [-0.05, 0) is 38.3 Å². The number of Topliss-reactive ketones (excluding diaryl/α,β-unsaturated/α-hetero) is 1. The van der Waals surface area contributed by atoms with Gasteiger partial charge in [0.05, 0.1) is 0 Å². The summed E-state index contributed by atoms with van der Waals surface area (Å²) in [6.07, 6.45) is 9.39. The van der Waals surface area contributed by atoms with Crippen LogP contribution < -0.4 is 0 Å². The van der Waals surface area contributed by atoms with Crippen LogP contribution in [0.5, 0.6) is 0 Å². The first kappa shape index (κ1) is 20.0. The third-order valence-electron chi connectivity index (χ3n) is 7.42. The van der Waals surface area contributed by atoms with E-state index in [1.54, 1.807) is 25.2 Å². The number of hydrogen-bond donors (Lipinski definition) is 2. The molecule has 29 heavy (non-hydrogen) atoms. The minimum atomic E-state index is -2.05. The maximum Gasteiger partial charge on any atom is 0.303 e. The summed E-state index contributed by atoms with van der Waals surface area (Å²) in [5.74, 6) is -1.34. The van der Waals surface area contributed by atoms with Gasteiger partial charge in [0, 0.05) is 23.7 Å². The molecule has 0 aromatic rings. The second-order valence-electron chi connectivity index (χ2n) is 8.93. The number of esters is 1. The van der Waals surface area contributed by atoms with Crippen molar-refractivity contribution in [3.63, 3.8) is 0 Å². The molecule has 0 heterocycles. The van der Waals surface area contributed by atoms with E-state index in [9.17, 15) is 24.6 Å². The maximum absolute atomic E-state index is 12.8. The van der Waals surface area contributed by atoms with Crippen molar-refractivity contribution in [2.75, 3.05) is 6.61 Å². The van der Waals surface area contributed by atoms with Gasteiger partial charge in [0.25, 0.3) is 0 Å². The molecule has 0 bridgehead atoms. The Kier molecular flexibility index (Phi) is 4.37. The summed E-state index contributed by atoms with van der Waals surface area (Å²) in [5.41, 5.74) is -0.319. The van der Waals surface area contributed by atoms with Gasteiger partial charge in [0.15, 0.2) is 18.0 Å². The molecule has 5 atom stereocenters. The predicted octanol–water partition coefficient (Wildman–Crippen LogP) is 1.97. The van der Waals surface area contributed by atoms with E-state index in [0.717, 1.165) is 29.6 Å². The number of ether oxygens (including phenoxy) is 1. The molecule has 6 nitrogen and oxygen atoms in total. The van der Waals surface area contributed by atoms with Crippen LogP contribution in [0.15, 0.2) is 47.1 Å². The SMILES string of the molecule is CC(=O)OCC(=O)[C@@]1(O)[C@H](O)C=C2[C@@H]3CCC4=CC(=O)C=C[C@]4(C)C3=CC[C@@]21C. The highest BCUT2D eigenvalue weighted by atomic mass is 16.5. The molecule has 0 spiro atoms. The number of ketones is 2. The van der Waals surface area contributed by atoms with Crippen molar-refractivity contribution in [1.29, 1.82) is 0 Å². The molecule has 1 fully saturated rings. The lowest BCUT2D eigenvalue weighted by Gasteiger charge is -2.51. The average Bonchev–Trinajstić information content (AvgIpc) is 2.88. The van der Waals surface area contributed by atoms with E-state index < -0.39 is 35.5 Å². The van der Waals surface area contributed by atoms with Crippen molar-refractivity contribution in [2.45, 2.75) is 51.7 Å². The fraction of sp³-hybridized carbons (Fsp3) is 0.522. The maximum atomic E-state index is 12.8. The lowest BCUT2D eigenvalue weighted by molar-refractivity contribution is -0.169. The van der Waals surface area contributed by atoms with Gasteiger partial charge in [0.2, 0.25) is 5.78 Å². The minimum Gasteiger partial charge on any atom is -0.458 e. The van der Waals surface area contributed by atoms with Crippen LogP contribution in [0.1, 0.15) is 40.0 Å². The topological polar surface area (TPSA) is 101 Å². The molecule has 4 rings (SSSR count). The first-order valence-corrected chi connectivity index (χ1v) is 9.98.